The van der Waals surface area contributed by atoms with Gasteiger partial charge in [-0.2, -0.15) is 0 Å². The third-order valence-electron chi connectivity index (χ3n) is 3.72. The molecular formula is C13H17N3O4. The Balaban J connectivity index is 2.03. The largest absolute Gasteiger partial charge is 0.394 e. The minimum Gasteiger partial charge on any atom is -0.394 e. The summed E-state index contributed by atoms with van der Waals surface area (Å²) in [6.07, 6.45) is 0.216. The first-order chi connectivity index (χ1) is 9.67. The van der Waals surface area contributed by atoms with Crippen LogP contribution in [0.4, 0.5) is 0 Å². The molecule has 1 fully saturated rings. The number of aromatic nitrogens is 3. The second-order valence-corrected chi connectivity index (χ2v) is 4.86. The van der Waals surface area contributed by atoms with Gasteiger partial charge in [-0.05, 0) is 12.5 Å². The molecule has 0 bridgehead atoms. The van der Waals surface area contributed by atoms with Crippen LogP contribution in [0.1, 0.15) is 18.8 Å². The first-order valence-corrected chi connectivity index (χ1v) is 6.60. The number of fused-ring (bicyclic) bond motifs is 1. The Hall–Kier alpha value is -1.54. The van der Waals surface area contributed by atoms with Crippen molar-refractivity contribution in [3.63, 3.8) is 0 Å². The van der Waals surface area contributed by atoms with Crippen LogP contribution in [0.5, 0.6) is 0 Å². The summed E-state index contributed by atoms with van der Waals surface area (Å²) in [7, 11) is 0. The van der Waals surface area contributed by atoms with Gasteiger partial charge in [0.1, 0.15) is 30.3 Å². The minimum absolute atomic E-state index is 0.344. The van der Waals surface area contributed by atoms with Crippen LogP contribution in [0.15, 0.2) is 18.6 Å². The average Bonchev–Trinajstić information content (AvgIpc) is 3.01. The predicted octanol–water partition coefficient (Wildman–Crippen LogP) is -0.395. The van der Waals surface area contributed by atoms with Crippen LogP contribution in [-0.4, -0.2) is 54.8 Å². The molecule has 7 heteroatoms. The fraction of sp³-hybridized carbons (Fsp3) is 0.538. The maximum absolute atomic E-state index is 10.1. The zero-order valence-electron chi connectivity index (χ0n) is 11.0. The number of rotatable bonds is 3. The zero-order valence-corrected chi connectivity index (χ0v) is 11.0. The van der Waals surface area contributed by atoms with Gasteiger partial charge < -0.3 is 24.6 Å². The molecule has 3 rings (SSSR count). The molecule has 1 aliphatic rings. The van der Waals surface area contributed by atoms with Crippen LogP contribution in [-0.2, 0) is 11.2 Å². The van der Waals surface area contributed by atoms with Gasteiger partial charge in [0.25, 0.3) is 0 Å². The van der Waals surface area contributed by atoms with Gasteiger partial charge >= 0.3 is 0 Å². The first-order valence-electron chi connectivity index (χ1n) is 6.60. The maximum atomic E-state index is 10.1. The van der Waals surface area contributed by atoms with E-state index < -0.39 is 24.5 Å². The summed E-state index contributed by atoms with van der Waals surface area (Å²) >= 11 is 0. The Morgan fingerprint density at radius 2 is 2.10 bits per heavy atom. The molecule has 0 aromatic carbocycles. The van der Waals surface area contributed by atoms with Crippen molar-refractivity contribution in [1.82, 2.24) is 14.5 Å². The zero-order chi connectivity index (χ0) is 14.3. The molecular weight excluding hydrogens is 262 g/mol. The van der Waals surface area contributed by atoms with Gasteiger partial charge in [0.05, 0.1) is 12.3 Å². The number of hydrogen-bond acceptors (Lipinski definition) is 6. The molecule has 3 N–H and O–H groups in total. The summed E-state index contributed by atoms with van der Waals surface area (Å²) in [6.45, 7) is 1.66. The van der Waals surface area contributed by atoms with E-state index in [1.807, 2.05) is 13.0 Å². The molecule has 2 aromatic rings. The maximum Gasteiger partial charge on any atom is 0.164 e. The number of aryl methyl sites for hydroxylation is 1. The van der Waals surface area contributed by atoms with Crippen LogP contribution in [0, 0.1) is 0 Å². The Morgan fingerprint density at radius 1 is 1.30 bits per heavy atom. The molecule has 0 aliphatic carbocycles. The number of nitrogens with zero attached hydrogens (tertiary/aromatic N) is 3. The summed E-state index contributed by atoms with van der Waals surface area (Å²) in [4.78, 5) is 8.43. The topological polar surface area (TPSA) is 101 Å². The van der Waals surface area contributed by atoms with Crippen molar-refractivity contribution < 1.29 is 20.1 Å². The highest BCUT2D eigenvalue weighted by molar-refractivity contribution is 5.78. The Kier molecular flexibility index (Phi) is 3.43. The van der Waals surface area contributed by atoms with Crippen LogP contribution >= 0.6 is 0 Å². The van der Waals surface area contributed by atoms with Crippen LogP contribution in [0.2, 0.25) is 0 Å². The molecule has 0 amide bonds. The quantitative estimate of drug-likeness (QED) is 0.707. The van der Waals surface area contributed by atoms with E-state index >= 15 is 0 Å². The van der Waals surface area contributed by atoms with Gasteiger partial charge in [-0.3, -0.25) is 0 Å². The molecule has 1 aliphatic heterocycles. The molecule has 0 radical (unpaired) electrons. The second kappa shape index (κ2) is 5.10. The van der Waals surface area contributed by atoms with Gasteiger partial charge in [-0.15, -0.1) is 0 Å². The van der Waals surface area contributed by atoms with Gasteiger partial charge in [0.15, 0.2) is 6.23 Å². The molecule has 0 saturated carbocycles. The Labute approximate surface area is 115 Å². The van der Waals surface area contributed by atoms with E-state index in [2.05, 4.69) is 9.97 Å². The molecule has 3 heterocycles. The summed E-state index contributed by atoms with van der Waals surface area (Å²) in [5.41, 5.74) is 1.56. The molecule has 0 unspecified atom stereocenters. The van der Waals surface area contributed by atoms with Crippen molar-refractivity contribution in [2.24, 2.45) is 0 Å². The average molecular weight is 279 g/mol. The SMILES string of the molecule is CCc1ncnc2c1ccn2[C@@H]1O[C@H](CO)[C@@H](O)[C@H]1O. The van der Waals surface area contributed by atoms with Crippen LogP contribution in [0.25, 0.3) is 11.0 Å². The molecule has 20 heavy (non-hydrogen) atoms. The fourth-order valence-corrected chi connectivity index (χ4v) is 2.62. The predicted molar refractivity (Wildman–Crippen MR) is 69.9 cm³/mol. The lowest BCUT2D eigenvalue weighted by Gasteiger charge is -2.17. The lowest BCUT2D eigenvalue weighted by atomic mass is 10.1. The smallest absolute Gasteiger partial charge is 0.164 e. The highest BCUT2D eigenvalue weighted by Gasteiger charge is 2.43. The van der Waals surface area contributed by atoms with Gasteiger partial charge in [-0.25, -0.2) is 9.97 Å². The molecule has 2 aromatic heterocycles. The highest BCUT2D eigenvalue weighted by atomic mass is 16.6. The lowest BCUT2D eigenvalue weighted by Crippen LogP contribution is -2.33. The number of ether oxygens (including phenoxy) is 1. The second-order valence-electron chi connectivity index (χ2n) is 4.86. The van der Waals surface area contributed by atoms with E-state index in [1.54, 1.807) is 10.8 Å². The molecule has 1 saturated heterocycles. The van der Waals surface area contributed by atoms with Gasteiger partial charge in [0, 0.05) is 11.6 Å². The third-order valence-corrected chi connectivity index (χ3v) is 3.72. The highest BCUT2D eigenvalue weighted by Crippen LogP contribution is 2.32. The van der Waals surface area contributed by atoms with Crippen LogP contribution in [0.3, 0.4) is 0 Å². The van der Waals surface area contributed by atoms with Crippen molar-refractivity contribution in [2.45, 2.75) is 37.9 Å². The molecule has 7 nitrogen and oxygen atoms in total. The molecule has 108 valence electrons. The third kappa shape index (κ3) is 1.90. The van der Waals surface area contributed by atoms with Gasteiger partial charge in [0.2, 0.25) is 0 Å². The fourth-order valence-electron chi connectivity index (χ4n) is 2.62. The van der Waals surface area contributed by atoms with Gasteiger partial charge in [-0.1, -0.05) is 6.92 Å². The van der Waals surface area contributed by atoms with E-state index in [9.17, 15) is 10.2 Å². The Bertz CT molecular complexity index is 615. The van der Waals surface area contributed by atoms with Crippen molar-refractivity contribution in [3.05, 3.63) is 24.3 Å². The number of aliphatic hydroxyl groups excluding tert-OH is 3. The van der Waals surface area contributed by atoms with E-state index in [1.165, 1.54) is 6.33 Å². The van der Waals surface area contributed by atoms with Crippen LogP contribution < -0.4 is 0 Å². The van der Waals surface area contributed by atoms with Crippen molar-refractivity contribution in [1.29, 1.82) is 0 Å². The van der Waals surface area contributed by atoms with Crippen molar-refractivity contribution >= 4 is 11.0 Å². The van der Waals surface area contributed by atoms with E-state index in [0.29, 0.717) is 5.65 Å². The summed E-state index contributed by atoms with van der Waals surface area (Å²) < 4.78 is 7.18. The lowest BCUT2D eigenvalue weighted by molar-refractivity contribution is -0.0508. The van der Waals surface area contributed by atoms with E-state index in [4.69, 9.17) is 9.84 Å². The van der Waals surface area contributed by atoms with E-state index in [-0.39, 0.29) is 6.61 Å². The standard InChI is InChI=1S/C13H17N3O4/c1-2-8-7-3-4-16(12(7)15-6-14-8)13-11(19)10(18)9(5-17)20-13/h3-4,6,9-11,13,17-19H,2,5H2,1H3/t9-,10-,11-,13-/m1/s1. The normalized spacial score (nSPS) is 30.2. The summed E-state index contributed by atoms with van der Waals surface area (Å²) in [6, 6.07) is 1.86. The number of aliphatic hydroxyl groups is 3. The van der Waals surface area contributed by atoms with Crippen molar-refractivity contribution in [3.8, 4) is 0 Å². The number of hydrogen-bond donors (Lipinski definition) is 3. The first kappa shape index (κ1) is 13.4. The molecule has 0 spiro atoms. The monoisotopic (exact) mass is 279 g/mol. The minimum atomic E-state index is -1.12. The summed E-state index contributed by atoms with van der Waals surface area (Å²) in [5.74, 6) is 0. The summed E-state index contributed by atoms with van der Waals surface area (Å²) in [5, 5.41) is 29.9. The van der Waals surface area contributed by atoms with Crippen molar-refractivity contribution in [2.75, 3.05) is 6.61 Å². The van der Waals surface area contributed by atoms with E-state index in [0.717, 1.165) is 17.5 Å². The Morgan fingerprint density at radius 3 is 2.75 bits per heavy atom. The molecule has 4 atom stereocenters.